The van der Waals surface area contributed by atoms with Gasteiger partial charge < -0.3 is 0 Å². The molecule has 0 amide bonds. The molecule has 0 aliphatic carbocycles. The van der Waals surface area contributed by atoms with Crippen molar-refractivity contribution in [2.45, 2.75) is 31.6 Å². The Hall–Kier alpha value is -0.840. The van der Waals surface area contributed by atoms with Crippen molar-refractivity contribution in [2.75, 3.05) is 6.54 Å². The molecule has 1 rings (SSSR count). The van der Waals surface area contributed by atoms with Gasteiger partial charge in [-0.15, -0.1) is 10.4 Å². The molecule has 0 fully saturated rings. The summed E-state index contributed by atoms with van der Waals surface area (Å²) in [6.45, 7) is 7.87. The SMILES string of the molecule is C=C(C)CCCN(Cl)S(=O)(=O)c1ccc(C)cc1. The number of allylic oxidation sites excluding steroid dienone is 1. The average Bonchev–Trinajstić information content (AvgIpc) is 2.28. The first kappa shape index (κ1) is 15.2. The molecule has 18 heavy (non-hydrogen) atoms. The van der Waals surface area contributed by atoms with Crippen LogP contribution < -0.4 is 0 Å². The van der Waals surface area contributed by atoms with E-state index in [1.165, 1.54) is 0 Å². The summed E-state index contributed by atoms with van der Waals surface area (Å²) in [7, 11) is -3.58. The largest absolute Gasteiger partial charge is 0.256 e. The Morgan fingerprint density at radius 2 is 1.89 bits per heavy atom. The molecule has 1 aromatic carbocycles. The minimum Gasteiger partial charge on any atom is -0.206 e. The van der Waals surface area contributed by atoms with Crippen molar-refractivity contribution < 1.29 is 8.42 Å². The number of aryl methyl sites for hydroxylation is 1. The van der Waals surface area contributed by atoms with Crippen molar-refractivity contribution in [3.05, 3.63) is 42.0 Å². The van der Waals surface area contributed by atoms with Crippen LogP contribution in [0, 0.1) is 6.92 Å². The predicted octanol–water partition coefficient (Wildman–Crippen LogP) is 3.50. The Morgan fingerprint density at radius 1 is 1.33 bits per heavy atom. The fourth-order valence-corrected chi connectivity index (χ4v) is 2.89. The highest BCUT2D eigenvalue weighted by atomic mass is 35.5. The number of hydrogen-bond donors (Lipinski definition) is 0. The number of sulfonamides is 1. The third kappa shape index (κ3) is 4.12. The van der Waals surface area contributed by atoms with E-state index in [-0.39, 0.29) is 11.4 Å². The molecule has 0 heterocycles. The van der Waals surface area contributed by atoms with Gasteiger partial charge in [0.15, 0.2) is 0 Å². The van der Waals surface area contributed by atoms with Crippen molar-refractivity contribution in [1.82, 2.24) is 3.82 Å². The van der Waals surface area contributed by atoms with E-state index in [1.54, 1.807) is 24.3 Å². The van der Waals surface area contributed by atoms with Gasteiger partial charge in [-0.1, -0.05) is 23.3 Å². The standard InChI is InChI=1S/C13H18ClNO2S/c1-11(2)5-4-10-15(14)18(16,17)13-8-6-12(3)7-9-13/h6-9H,1,4-5,10H2,2-3H3. The third-order valence-corrected chi connectivity index (χ3v) is 4.80. The molecule has 0 aliphatic rings. The lowest BCUT2D eigenvalue weighted by molar-refractivity contribution is 0.528. The Balaban J connectivity index is 2.73. The molecule has 0 aliphatic heterocycles. The van der Waals surface area contributed by atoms with Crippen LogP contribution >= 0.6 is 11.8 Å². The van der Waals surface area contributed by atoms with Crippen molar-refractivity contribution in [3.8, 4) is 0 Å². The van der Waals surface area contributed by atoms with Gasteiger partial charge in [0.1, 0.15) is 0 Å². The van der Waals surface area contributed by atoms with Crippen LogP contribution in [0.25, 0.3) is 0 Å². The molecule has 0 unspecified atom stereocenters. The number of rotatable bonds is 6. The van der Waals surface area contributed by atoms with Crippen LogP contribution in [0.1, 0.15) is 25.3 Å². The minimum atomic E-state index is -3.58. The van der Waals surface area contributed by atoms with E-state index in [1.807, 2.05) is 13.8 Å². The second kappa shape index (κ2) is 6.36. The normalized spacial score (nSPS) is 11.8. The summed E-state index contributed by atoms with van der Waals surface area (Å²) < 4.78 is 25.1. The lowest BCUT2D eigenvalue weighted by Gasteiger charge is -2.14. The summed E-state index contributed by atoms with van der Waals surface area (Å²) in [6, 6.07) is 6.65. The number of benzene rings is 1. The maximum atomic E-state index is 12.1. The number of nitrogens with zero attached hydrogens (tertiary/aromatic N) is 1. The first-order valence-corrected chi connectivity index (χ1v) is 7.51. The Kier molecular flexibility index (Phi) is 5.38. The summed E-state index contributed by atoms with van der Waals surface area (Å²) in [5.41, 5.74) is 2.03. The van der Waals surface area contributed by atoms with Gasteiger partial charge in [-0.25, -0.2) is 8.42 Å². The van der Waals surface area contributed by atoms with E-state index in [4.69, 9.17) is 11.8 Å². The summed E-state index contributed by atoms with van der Waals surface area (Å²) in [5, 5.41) is 0. The zero-order chi connectivity index (χ0) is 13.8. The maximum absolute atomic E-state index is 12.1. The summed E-state index contributed by atoms with van der Waals surface area (Å²) >= 11 is 5.85. The van der Waals surface area contributed by atoms with E-state index in [0.29, 0.717) is 6.42 Å². The monoisotopic (exact) mass is 287 g/mol. The van der Waals surface area contributed by atoms with Crippen LogP contribution in [0.3, 0.4) is 0 Å². The number of hydrogen-bond acceptors (Lipinski definition) is 2. The molecule has 0 atom stereocenters. The highest BCUT2D eigenvalue weighted by molar-refractivity contribution is 7.90. The lowest BCUT2D eigenvalue weighted by atomic mass is 10.2. The minimum absolute atomic E-state index is 0.221. The fraction of sp³-hybridized carbons (Fsp3) is 0.385. The van der Waals surface area contributed by atoms with Crippen LogP contribution in [0.4, 0.5) is 0 Å². The van der Waals surface area contributed by atoms with Crippen LogP contribution in [0.2, 0.25) is 0 Å². The van der Waals surface area contributed by atoms with Gasteiger partial charge in [0, 0.05) is 6.54 Å². The van der Waals surface area contributed by atoms with Gasteiger partial charge >= 0.3 is 0 Å². The second-order valence-corrected chi connectivity index (χ2v) is 6.86. The molecular weight excluding hydrogens is 270 g/mol. The summed E-state index contributed by atoms with van der Waals surface area (Å²) in [5.74, 6) is 0. The predicted molar refractivity (Wildman–Crippen MR) is 75.0 cm³/mol. The molecule has 0 radical (unpaired) electrons. The van der Waals surface area contributed by atoms with E-state index >= 15 is 0 Å². The summed E-state index contributed by atoms with van der Waals surface area (Å²) in [6.07, 6.45) is 1.44. The van der Waals surface area contributed by atoms with E-state index < -0.39 is 10.0 Å². The molecule has 0 bridgehead atoms. The third-order valence-electron chi connectivity index (χ3n) is 2.52. The topological polar surface area (TPSA) is 37.4 Å². The number of halogens is 1. The fourth-order valence-electron chi connectivity index (χ4n) is 1.45. The van der Waals surface area contributed by atoms with Gasteiger partial charge in [0.05, 0.1) is 4.90 Å². The van der Waals surface area contributed by atoms with Crippen molar-refractivity contribution >= 4 is 21.8 Å². The first-order chi connectivity index (χ1) is 8.34. The molecule has 0 saturated carbocycles. The zero-order valence-corrected chi connectivity index (χ0v) is 12.3. The smallest absolute Gasteiger partial charge is 0.206 e. The van der Waals surface area contributed by atoms with Crippen molar-refractivity contribution in [1.29, 1.82) is 0 Å². The molecule has 0 saturated heterocycles. The molecule has 0 spiro atoms. The molecule has 1 aromatic rings. The summed E-state index contributed by atoms with van der Waals surface area (Å²) in [4.78, 5) is 0.221. The van der Waals surface area contributed by atoms with E-state index in [9.17, 15) is 8.42 Å². The maximum Gasteiger partial charge on any atom is 0.256 e. The van der Waals surface area contributed by atoms with Crippen LogP contribution in [0.15, 0.2) is 41.3 Å². The van der Waals surface area contributed by atoms with Crippen LogP contribution in [-0.2, 0) is 10.0 Å². The lowest BCUT2D eigenvalue weighted by Crippen LogP contribution is -2.23. The average molecular weight is 288 g/mol. The molecule has 0 aromatic heterocycles. The molecular formula is C13H18ClNO2S. The molecule has 5 heteroatoms. The Bertz CT molecular complexity index is 508. The van der Waals surface area contributed by atoms with Gasteiger partial charge in [-0.05, 0) is 50.6 Å². The van der Waals surface area contributed by atoms with Gasteiger partial charge in [0.2, 0.25) is 0 Å². The highest BCUT2D eigenvalue weighted by Crippen LogP contribution is 2.19. The molecule has 0 N–H and O–H groups in total. The van der Waals surface area contributed by atoms with E-state index in [0.717, 1.165) is 21.4 Å². The van der Waals surface area contributed by atoms with Crippen molar-refractivity contribution in [2.24, 2.45) is 0 Å². The second-order valence-electron chi connectivity index (χ2n) is 4.39. The first-order valence-electron chi connectivity index (χ1n) is 5.73. The molecule has 3 nitrogen and oxygen atoms in total. The Labute approximate surface area is 114 Å². The van der Waals surface area contributed by atoms with E-state index in [2.05, 4.69) is 6.58 Å². The van der Waals surface area contributed by atoms with Crippen molar-refractivity contribution in [3.63, 3.8) is 0 Å². The Morgan fingerprint density at radius 3 is 2.39 bits per heavy atom. The van der Waals surface area contributed by atoms with Crippen LogP contribution in [0.5, 0.6) is 0 Å². The quantitative estimate of drug-likeness (QED) is 0.593. The van der Waals surface area contributed by atoms with Gasteiger partial charge in [-0.3, -0.25) is 0 Å². The van der Waals surface area contributed by atoms with Gasteiger partial charge in [0.25, 0.3) is 10.0 Å². The molecule has 100 valence electrons. The zero-order valence-electron chi connectivity index (χ0n) is 10.7. The van der Waals surface area contributed by atoms with Gasteiger partial charge in [-0.2, -0.15) is 0 Å². The van der Waals surface area contributed by atoms with Crippen LogP contribution in [-0.4, -0.2) is 18.8 Å². The highest BCUT2D eigenvalue weighted by Gasteiger charge is 2.22.